The van der Waals surface area contributed by atoms with Crippen LogP contribution in [-0.4, -0.2) is 92.8 Å². The van der Waals surface area contributed by atoms with Crippen LogP contribution in [0.5, 0.6) is 0 Å². The molecule has 5 aromatic carbocycles. The molecule has 2 N–H and O–H groups in total. The van der Waals surface area contributed by atoms with Gasteiger partial charge in [0.25, 0.3) is 20.9 Å². The number of thioether (sulfide) groups is 1. The highest BCUT2D eigenvalue weighted by molar-refractivity contribution is 7.99. The van der Waals surface area contributed by atoms with Crippen LogP contribution in [0.3, 0.4) is 0 Å². The fourth-order valence-corrected chi connectivity index (χ4v) is 11.2. The third kappa shape index (κ3) is 10.6. The van der Waals surface area contributed by atoms with Gasteiger partial charge >= 0.3 is 5.69 Å². The van der Waals surface area contributed by atoms with Gasteiger partial charge in [-0.1, -0.05) is 72.6 Å². The first kappa shape index (κ1) is 43.7. The molecule has 5 aromatic rings. The SMILES string of the molecule is CO[N+](=O)c1cc(S(=O)(=O)NC(=O)c2ccc(N3CCN(Cc4ccccc4-c4ccc(Cl)cc4)CC3)cc2)ccc1N[C@H](CCN1[C@@H]2CCC[C@H]1CC2)CSc1ccccc1. The Morgan fingerprint density at radius 1 is 0.855 bits per heavy atom. The van der Waals surface area contributed by atoms with Crippen LogP contribution in [0.2, 0.25) is 5.02 Å². The predicted octanol–water partition coefficient (Wildman–Crippen LogP) is 9.40. The number of fused-ring (bicyclic) bond motifs is 2. The largest absolute Gasteiger partial charge is 0.376 e. The van der Waals surface area contributed by atoms with Crippen molar-refractivity contribution in [3.05, 3.63) is 142 Å². The second-order valence-electron chi connectivity index (χ2n) is 16.3. The molecule has 3 atom stereocenters. The van der Waals surface area contributed by atoms with Crippen LogP contribution in [0, 0.1) is 4.91 Å². The van der Waals surface area contributed by atoms with Gasteiger partial charge in [-0.15, -0.1) is 11.8 Å². The number of carbonyl (C=O) groups is 1. The molecule has 8 rings (SSSR count). The van der Waals surface area contributed by atoms with E-state index in [1.165, 1.54) is 62.5 Å². The van der Waals surface area contributed by atoms with Gasteiger partial charge in [0, 0.05) is 90.4 Å². The molecule has 14 heteroatoms. The Bertz CT molecular complexity index is 2420. The lowest BCUT2D eigenvalue weighted by atomic mass is 9.99. The number of carbonyl (C=O) groups excluding carboxylic acids is 1. The van der Waals surface area contributed by atoms with E-state index in [0.29, 0.717) is 27.7 Å². The Balaban J connectivity index is 0.895. The number of hydrogen-bond acceptors (Lipinski definition) is 10. The third-order valence-electron chi connectivity index (χ3n) is 12.4. The van der Waals surface area contributed by atoms with E-state index in [2.05, 4.69) is 73.3 Å². The van der Waals surface area contributed by atoms with Gasteiger partial charge in [-0.05, 0) is 109 Å². The van der Waals surface area contributed by atoms with Crippen molar-refractivity contribution < 1.29 is 23.0 Å². The summed E-state index contributed by atoms with van der Waals surface area (Å²) in [4.78, 5) is 40.1. The topological polar surface area (TPSA) is 114 Å². The van der Waals surface area contributed by atoms with Crippen molar-refractivity contribution in [2.24, 2.45) is 0 Å². The molecule has 11 nitrogen and oxygen atoms in total. The van der Waals surface area contributed by atoms with E-state index in [1.54, 1.807) is 30.0 Å². The predicted molar refractivity (Wildman–Crippen MR) is 249 cm³/mol. The zero-order valence-electron chi connectivity index (χ0n) is 35.0. The molecular weight excluding hydrogens is 840 g/mol. The molecule has 0 spiro atoms. The fraction of sp³-hybridized carbons (Fsp3) is 0.354. The molecule has 3 aliphatic rings. The number of rotatable bonds is 17. The summed E-state index contributed by atoms with van der Waals surface area (Å²) in [6, 6.07) is 39.1. The highest BCUT2D eigenvalue weighted by Crippen LogP contribution is 2.37. The van der Waals surface area contributed by atoms with Gasteiger partial charge in [-0.25, -0.2) is 18.0 Å². The quantitative estimate of drug-likeness (QED) is 0.0692. The molecule has 0 aliphatic carbocycles. The number of benzene rings is 5. The first-order chi connectivity index (χ1) is 30.1. The standard InChI is InChI=1S/C48H53ClN6O5S2/c1-60-55(57)47-32-44(24-25-46(47)50-39(34-61-43-11-3-2-4-12-43)26-27-54-41-9-7-10-42(54)23-22-41)62(58,59)51-48(56)36-16-20-40(21-17-36)53-30-28-52(29-31-53)33-37-8-5-6-13-45(37)35-14-18-38(49)19-15-35/h2-6,8,11-21,24-25,32,39,41-42H,7,9-10,22-23,26-31,33-34H2,1H3,(H-,50,51,56,57)/p+1/t39-,41-,42+/m1/s1. The Kier molecular flexibility index (Phi) is 14.1. The van der Waals surface area contributed by atoms with E-state index in [-0.39, 0.29) is 22.2 Å². The second-order valence-corrected chi connectivity index (χ2v) is 19.5. The fourth-order valence-electron chi connectivity index (χ4n) is 9.11. The minimum atomic E-state index is -4.36. The highest BCUT2D eigenvalue weighted by atomic mass is 35.5. The average molecular weight is 895 g/mol. The highest BCUT2D eigenvalue weighted by Gasteiger charge is 2.36. The van der Waals surface area contributed by atoms with Crippen LogP contribution in [0.1, 0.15) is 54.4 Å². The molecule has 1 amide bonds. The lowest BCUT2D eigenvalue weighted by Crippen LogP contribution is -2.46. The van der Waals surface area contributed by atoms with Crippen molar-refractivity contribution in [1.82, 2.24) is 14.5 Å². The Labute approximate surface area is 374 Å². The molecule has 0 aromatic heterocycles. The summed E-state index contributed by atoms with van der Waals surface area (Å²) >= 11 is 7.88. The minimum absolute atomic E-state index is 0.00536. The van der Waals surface area contributed by atoms with Crippen LogP contribution >= 0.6 is 23.4 Å². The number of hydrogen-bond donors (Lipinski definition) is 2. The molecular formula is C48H54ClN6O5S2+. The van der Waals surface area contributed by atoms with E-state index in [4.69, 9.17) is 16.4 Å². The number of anilines is 2. The Morgan fingerprint density at radius 2 is 1.55 bits per heavy atom. The number of nitrogens with one attached hydrogen (secondary N) is 2. The number of amides is 1. The molecule has 3 fully saturated rings. The minimum Gasteiger partial charge on any atom is -0.376 e. The Hall–Kier alpha value is -4.92. The first-order valence-corrected chi connectivity index (χ1v) is 24.3. The third-order valence-corrected chi connectivity index (χ3v) is 15.2. The van der Waals surface area contributed by atoms with Crippen molar-refractivity contribution >= 4 is 56.4 Å². The van der Waals surface area contributed by atoms with Gasteiger partial charge in [0.2, 0.25) is 0 Å². The molecule has 3 aliphatic heterocycles. The number of halogens is 1. The summed E-state index contributed by atoms with van der Waals surface area (Å²) in [5.41, 5.74) is 5.21. The van der Waals surface area contributed by atoms with Crippen molar-refractivity contribution in [1.29, 1.82) is 0 Å². The molecule has 3 heterocycles. The van der Waals surface area contributed by atoms with Crippen molar-refractivity contribution in [2.75, 3.05) is 55.8 Å². The van der Waals surface area contributed by atoms with E-state index in [1.807, 2.05) is 42.5 Å². The summed E-state index contributed by atoms with van der Waals surface area (Å²) < 4.78 is 29.5. The number of piperidine rings is 1. The summed E-state index contributed by atoms with van der Waals surface area (Å²) in [7, 11) is -3.12. The van der Waals surface area contributed by atoms with E-state index >= 15 is 0 Å². The van der Waals surface area contributed by atoms with Crippen LogP contribution in [0.15, 0.2) is 131 Å². The van der Waals surface area contributed by atoms with Crippen LogP contribution < -0.4 is 14.9 Å². The van der Waals surface area contributed by atoms with Crippen molar-refractivity contribution in [3.8, 4) is 11.1 Å². The summed E-state index contributed by atoms with van der Waals surface area (Å²) in [5, 5.41) is 4.28. The summed E-state index contributed by atoms with van der Waals surface area (Å²) in [5.74, 6) is -0.0235. The number of piperazine rings is 1. The zero-order valence-corrected chi connectivity index (χ0v) is 37.4. The van der Waals surface area contributed by atoms with Gasteiger partial charge in [-0.3, -0.25) is 14.6 Å². The molecule has 3 saturated heterocycles. The van der Waals surface area contributed by atoms with E-state index in [0.717, 1.165) is 67.6 Å². The molecule has 0 saturated carbocycles. The first-order valence-electron chi connectivity index (χ1n) is 21.5. The van der Waals surface area contributed by atoms with Crippen molar-refractivity contribution in [2.45, 2.75) is 73.0 Å². The Morgan fingerprint density at radius 3 is 2.26 bits per heavy atom. The van der Waals surface area contributed by atoms with Gasteiger partial charge in [0.05, 0.1) is 9.80 Å². The van der Waals surface area contributed by atoms with Gasteiger partial charge in [-0.2, -0.15) is 0 Å². The van der Waals surface area contributed by atoms with Crippen LogP contribution in [0.25, 0.3) is 11.1 Å². The molecule has 2 bridgehead atoms. The maximum absolute atomic E-state index is 13.7. The monoisotopic (exact) mass is 893 g/mol. The van der Waals surface area contributed by atoms with E-state index < -0.39 is 15.9 Å². The lowest BCUT2D eigenvalue weighted by Gasteiger charge is -2.36. The smallest absolute Gasteiger partial charge is 0.340 e. The van der Waals surface area contributed by atoms with E-state index in [9.17, 15) is 18.1 Å². The van der Waals surface area contributed by atoms with Crippen molar-refractivity contribution in [3.63, 3.8) is 0 Å². The maximum Gasteiger partial charge on any atom is 0.340 e. The van der Waals surface area contributed by atoms with Crippen LogP contribution in [-0.2, 0) is 21.4 Å². The lowest BCUT2D eigenvalue weighted by molar-refractivity contribution is -0.736. The second kappa shape index (κ2) is 20.1. The molecule has 62 heavy (non-hydrogen) atoms. The average Bonchev–Trinajstić information content (AvgIpc) is 3.51. The molecule has 0 unspecified atom stereocenters. The molecule has 0 radical (unpaired) electrons. The van der Waals surface area contributed by atoms with Gasteiger partial charge in [0.1, 0.15) is 5.69 Å². The van der Waals surface area contributed by atoms with Gasteiger partial charge in [0.15, 0.2) is 7.11 Å². The number of sulfonamides is 1. The summed E-state index contributed by atoms with van der Waals surface area (Å²) in [6.07, 6.45) is 7.15. The number of nitrogens with zero attached hydrogens (tertiary/aromatic N) is 4. The van der Waals surface area contributed by atoms with Crippen LogP contribution in [0.4, 0.5) is 17.1 Å². The zero-order chi connectivity index (χ0) is 43.1. The normalized spacial score (nSPS) is 18.6. The summed E-state index contributed by atoms with van der Waals surface area (Å²) in [6.45, 7) is 5.11. The molecule has 324 valence electrons. The maximum atomic E-state index is 13.7. The van der Waals surface area contributed by atoms with Gasteiger partial charge < -0.3 is 10.2 Å².